The third-order valence-electron chi connectivity index (χ3n) is 1.95. The maximum absolute atomic E-state index is 11.9. The number of aromatic nitrogens is 1. The van der Waals surface area contributed by atoms with E-state index >= 15 is 0 Å². The Bertz CT molecular complexity index is 439. The number of rotatable bonds is 2. The first kappa shape index (κ1) is 11.3. The van der Waals surface area contributed by atoms with Crippen LogP contribution in [0.3, 0.4) is 0 Å². The normalized spacial score (nSPS) is 19.3. The van der Waals surface area contributed by atoms with Crippen molar-refractivity contribution in [3.05, 3.63) is 10.7 Å². The van der Waals surface area contributed by atoms with Crippen molar-refractivity contribution < 1.29 is 13.3 Å². The molecule has 1 aromatic rings. The molecule has 2 heterocycles. The van der Waals surface area contributed by atoms with Crippen LogP contribution in [0.5, 0.6) is 0 Å². The van der Waals surface area contributed by atoms with Gasteiger partial charge in [0, 0.05) is 6.54 Å². The standard InChI is InChI=1S/C7H9ClN2O3S2/c8-7-9-5-6(14-7)15(11,12)10-3-1-2-4-13-10/h5H,1-4H2. The van der Waals surface area contributed by atoms with Gasteiger partial charge in [-0.05, 0) is 12.8 Å². The smallest absolute Gasteiger partial charge is 0.276 e. The molecule has 15 heavy (non-hydrogen) atoms. The SMILES string of the molecule is O=S(=O)(c1cnc(Cl)s1)N1CCCCO1. The second-order valence-corrected chi connectivity index (χ2v) is 6.67. The zero-order chi connectivity index (χ0) is 10.9. The van der Waals surface area contributed by atoms with Gasteiger partial charge in [0.1, 0.15) is 0 Å². The van der Waals surface area contributed by atoms with E-state index in [0.717, 1.165) is 28.6 Å². The Labute approximate surface area is 96.6 Å². The van der Waals surface area contributed by atoms with Crippen LogP contribution in [0.15, 0.2) is 10.4 Å². The Morgan fingerprint density at radius 1 is 1.53 bits per heavy atom. The molecule has 1 aliphatic rings. The molecule has 0 unspecified atom stereocenters. The van der Waals surface area contributed by atoms with E-state index in [1.54, 1.807) is 0 Å². The molecule has 5 nitrogen and oxygen atoms in total. The van der Waals surface area contributed by atoms with Crippen LogP contribution >= 0.6 is 22.9 Å². The van der Waals surface area contributed by atoms with Gasteiger partial charge in [-0.1, -0.05) is 27.4 Å². The number of halogens is 1. The topological polar surface area (TPSA) is 59.5 Å². The lowest BCUT2D eigenvalue weighted by Gasteiger charge is -2.24. The first-order chi connectivity index (χ1) is 7.10. The summed E-state index contributed by atoms with van der Waals surface area (Å²) in [5.74, 6) is 0. The van der Waals surface area contributed by atoms with E-state index in [4.69, 9.17) is 16.4 Å². The number of hydroxylamine groups is 1. The summed E-state index contributed by atoms with van der Waals surface area (Å²) in [5, 5.41) is 0. The molecular formula is C7H9ClN2O3S2. The molecular weight excluding hydrogens is 260 g/mol. The molecule has 0 radical (unpaired) electrons. The summed E-state index contributed by atoms with van der Waals surface area (Å²) < 4.78 is 25.2. The van der Waals surface area contributed by atoms with Crippen LogP contribution in [0.2, 0.25) is 4.47 Å². The minimum absolute atomic E-state index is 0.120. The second-order valence-electron chi connectivity index (χ2n) is 3.00. The highest BCUT2D eigenvalue weighted by Gasteiger charge is 2.29. The number of thiazole rings is 1. The molecule has 0 spiro atoms. The molecule has 1 aliphatic heterocycles. The van der Waals surface area contributed by atoms with Gasteiger partial charge in [0.15, 0.2) is 8.68 Å². The number of hydrogen-bond donors (Lipinski definition) is 0. The lowest BCUT2D eigenvalue weighted by atomic mass is 10.3. The van der Waals surface area contributed by atoms with E-state index in [9.17, 15) is 8.42 Å². The number of sulfonamides is 1. The molecule has 0 bridgehead atoms. The van der Waals surface area contributed by atoms with Gasteiger partial charge >= 0.3 is 0 Å². The first-order valence-corrected chi connectivity index (χ1v) is 7.01. The molecule has 1 saturated heterocycles. The summed E-state index contributed by atoms with van der Waals surface area (Å²) in [6, 6.07) is 0. The Hall–Kier alpha value is -0.210. The van der Waals surface area contributed by atoms with Crippen molar-refractivity contribution in [3.63, 3.8) is 0 Å². The fourth-order valence-corrected chi connectivity index (χ4v) is 3.91. The van der Waals surface area contributed by atoms with Gasteiger partial charge in [-0.15, -0.1) is 0 Å². The summed E-state index contributed by atoms with van der Waals surface area (Å²) in [5.41, 5.74) is 0. The molecule has 0 aliphatic carbocycles. The monoisotopic (exact) mass is 268 g/mol. The van der Waals surface area contributed by atoms with E-state index in [0.29, 0.717) is 13.2 Å². The second kappa shape index (κ2) is 4.34. The summed E-state index contributed by atoms with van der Waals surface area (Å²) in [4.78, 5) is 8.79. The summed E-state index contributed by atoms with van der Waals surface area (Å²) in [6.07, 6.45) is 2.95. The molecule has 84 valence electrons. The Morgan fingerprint density at radius 3 is 2.87 bits per heavy atom. The van der Waals surface area contributed by atoms with Gasteiger partial charge < -0.3 is 0 Å². The van der Waals surface area contributed by atoms with Gasteiger partial charge in [0.05, 0.1) is 12.8 Å². The minimum atomic E-state index is -3.56. The van der Waals surface area contributed by atoms with E-state index in [1.165, 1.54) is 6.20 Å². The Kier molecular flexibility index (Phi) is 3.27. The lowest BCUT2D eigenvalue weighted by Crippen LogP contribution is -2.35. The van der Waals surface area contributed by atoms with Crippen molar-refractivity contribution >= 4 is 33.0 Å². The first-order valence-electron chi connectivity index (χ1n) is 4.38. The fourth-order valence-electron chi connectivity index (χ4n) is 1.22. The van der Waals surface area contributed by atoms with Crippen molar-refractivity contribution in [3.8, 4) is 0 Å². The molecule has 0 aromatic carbocycles. The van der Waals surface area contributed by atoms with Gasteiger partial charge in [-0.25, -0.2) is 13.4 Å². The third-order valence-corrected chi connectivity index (χ3v) is 5.18. The third kappa shape index (κ3) is 2.31. The van der Waals surface area contributed by atoms with Crippen molar-refractivity contribution in [2.45, 2.75) is 17.1 Å². The summed E-state index contributed by atoms with van der Waals surface area (Å²) in [6.45, 7) is 0.823. The molecule has 0 N–H and O–H groups in total. The van der Waals surface area contributed by atoms with Gasteiger partial charge in [0.25, 0.3) is 10.0 Å². The maximum atomic E-state index is 11.9. The molecule has 2 rings (SSSR count). The lowest BCUT2D eigenvalue weighted by molar-refractivity contribution is -0.108. The molecule has 0 amide bonds. The van der Waals surface area contributed by atoms with E-state index < -0.39 is 10.0 Å². The molecule has 1 fully saturated rings. The van der Waals surface area contributed by atoms with Crippen molar-refractivity contribution in [1.29, 1.82) is 0 Å². The highest BCUT2D eigenvalue weighted by Crippen LogP contribution is 2.26. The highest BCUT2D eigenvalue weighted by atomic mass is 35.5. The van der Waals surface area contributed by atoms with Crippen molar-refractivity contribution in [1.82, 2.24) is 9.45 Å². The van der Waals surface area contributed by atoms with Gasteiger partial charge in [0.2, 0.25) is 0 Å². The molecule has 0 atom stereocenters. The van der Waals surface area contributed by atoms with Crippen LogP contribution in [0.4, 0.5) is 0 Å². The van der Waals surface area contributed by atoms with E-state index in [-0.39, 0.29) is 8.68 Å². The average Bonchev–Trinajstić information content (AvgIpc) is 2.67. The van der Waals surface area contributed by atoms with E-state index in [1.807, 2.05) is 0 Å². The van der Waals surface area contributed by atoms with Crippen LogP contribution in [0.25, 0.3) is 0 Å². The summed E-state index contributed by atoms with van der Waals surface area (Å²) >= 11 is 6.52. The van der Waals surface area contributed by atoms with Crippen LogP contribution < -0.4 is 0 Å². The fraction of sp³-hybridized carbons (Fsp3) is 0.571. The largest absolute Gasteiger partial charge is 0.284 e. The number of nitrogens with zero attached hydrogens (tertiary/aromatic N) is 2. The minimum Gasteiger partial charge on any atom is -0.284 e. The van der Waals surface area contributed by atoms with Crippen LogP contribution in [-0.4, -0.2) is 31.0 Å². The van der Waals surface area contributed by atoms with Crippen LogP contribution in [0, 0.1) is 0 Å². The van der Waals surface area contributed by atoms with Gasteiger partial charge in [-0.2, -0.15) is 0 Å². The zero-order valence-corrected chi connectivity index (χ0v) is 10.1. The summed E-state index contributed by atoms with van der Waals surface area (Å²) in [7, 11) is -3.56. The Balaban J connectivity index is 2.26. The average molecular weight is 269 g/mol. The Morgan fingerprint density at radius 2 is 2.33 bits per heavy atom. The van der Waals surface area contributed by atoms with Crippen LogP contribution in [0.1, 0.15) is 12.8 Å². The zero-order valence-electron chi connectivity index (χ0n) is 7.72. The molecule has 1 aromatic heterocycles. The van der Waals surface area contributed by atoms with Crippen molar-refractivity contribution in [2.75, 3.05) is 13.2 Å². The number of hydrogen-bond acceptors (Lipinski definition) is 5. The predicted molar refractivity (Wildman–Crippen MR) is 56.2 cm³/mol. The molecule has 8 heteroatoms. The quantitative estimate of drug-likeness (QED) is 0.816. The van der Waals surface area contributed by atoms with Crippen LogP contribution in [-0.2, 0) is 14.9 Å². The maximum Gasteiger partial charge on any atom is 0.276 e. The van der Waals surface area contributed by atoms with Crippen molar-refractivity contribution in [2.24, 2.45) is 0 Å². The predicted octanol–water partition coefficient (Wildman–Crippen LogP) is 1.51. The highest BCUT2D eigenvalue weighted by molar-refractivity contribution is 7.91. The van der Waals surface area contributed by atoms with Gasteiger partial charge in [-0.3, -0.25) is 4.84 Å². The van der Waals surface area contributed by atoms with E-state index in [2.05, 4.69) is 4.98 Å². The molecule has 0 saturated carbocycles.